The van der Waals surface area contributed by atoms with Crippen LogP contribution in [0.1, 0.15) is 22.8 Å². The summed E-state index contributed by atoms with van der Waals surface area (Å²) in [7, 11) is 1.56. The fourth-order valence-electron chi connectivity index (χ4n) is 3.71. The van der Waals surface area contributed by atoms with Gasteiger partial charge in [0.15, 0.2) is 0 Å². The zero-order valence-corrected chi connectivity index (χ0v) is 24.0. The molecule has 0 aliphatic heterocycles. The molecule has 0 bridgehead atoms. The van der Waals surface area contributed by atoms with E-state index in [1.54, 1.807) is 105 Å². The van der Waals surface area contributed by atoms with E-state index in [0.717, 1.165) is 4.90 Å². The molecule has 0 aromatic heterocycles. The molecule has 3 N–H and O–H groups in total. The van der Waals surface area contributed by atoms with Crippen molar-refractivity contribution in [3.8, 4) is 5.75 Å². The highest BCUT2D eigenvalue weighted by Gasteiger charge is 2.17. The standard InChI is InChI=1S/C32H28ClN3O4S/c1-21(30(37)35-28-14-7-6-13-27(28)33)41-26-17-15-24(16-18-26)34-32(39)29(20-22-9-8-12-25(19-22)40-2)36-31(38)23-10-4-3-5-11-23/h3-21H,1-2H3,(H,34,39)(H,35,37)(H,36,38)/b29-20-. The van der Waals surface area contributed by atoms with Crippen LogP contribution in [0.15, 0.2) is 114 Å². The molecule has 4 aromatic carbocycles. The van der Waals surface area contributed by atoms with E-state index < -0.39 is 17.1 Å². The third-order valence-electron chi connectivity index (χ3n) is 5.86. The number of hydrogen-bond acceptors (Lipinski definition) is 5. The highest BCUT2D eigenvalue weighted by Crippen LogP contribution is 2.27. The first-order chi connectivity index (χ1) is 19.8. The van der Waals surface area contributed by atoms with Crippen LogP contribution >= 0.6 is 23.4 Å². The first-order valence-electron chi connectivity index (χ1n) is 12.7. The number of hydrogen-bond donors (Lipinski definition) is 3. The molecule has 0 heterocycles. The van der Waals surface area contributed by atoms with Crippen LogP contribution in [0.3, 0.4) is 0 Å². The van der Waals surface area contributed by atoms with Crippen LogP contribution in [0, 0.1) is 0 Å². The number of para-hydroxylation sites is 1. The van der Waals surface area contributed by atoms with Crippen molar-refractivity contribution in [3.63, 3.8) is 0 Å². The molecular formula is C32H28ClN3O4S. The first-order valence-corrected chi connectivity index (χ1v) is 13.9. The molecule has 0 aliphatic rings. The van der Waals surface area contributed by atoms with Crippen LogP contribution in [0.25, 0.3) is 6.08 Å². The average molecular weight is 586 g/mol. The Kier molecular flexibility index (Phi) is 10.2. The van der Waals surface area contributed by atoms with Gasteiger partial charge in [-0.25, -0.2) is 0 Å². The lowest BCUT2D eigenvalue weighted by molar-refractivity contribution is -0.115. The first kappa shape index (κ1) is 29.5. The molecule has 0 saturated heterocycles. The van der Waals surface area contributed by atoms with Crippen molar-refractivity contribution in [2.45, 2.75) is 17.1 Å². The minimum Gasteiger partial charge on any atom is -0.497 e. The number of amides is 3. The van der Waals surface area contributed by atoms with Gasteiger partial charge in [0.25, 0.3) is 11.8 Å². The number of carbonyl (C=O) groups excluding carboxylic acids is 3. The van der Waals surface area contributed by atoms with Crippen molar-refractivity contribution < 1.29 is 19.1 Å². The van der Waals surface area contributed by atoms with E-state index in [1.807, 2.05) is 18.2 Å². The number of thioether (sulfide) groups is 1. The van der Waals surface area contributed by atoms with E-state index >= 15 is 0 Å². The molecule has 0 saturated carbocycles. The van der Waals surface area contributed by atoms with Crippen LogP contribution in [0.5, 0.6) is 5.75 Å². The minimum atomic E-state index is -0.495. The van der Waals surface area contributed by atoms with Crippen molar-refractivity contribution in [2.24, 2.45) is 0 Å². The topological polar surface area (TPSA) is 96.5 Å². The summed E-state index contributed by atoms with van der Waals surface area (Å²) in [6.45, 7) is 1.80. The Morgan fingerprint density at radius 1 is 0.854 bits per heavy atom. The van der Waals surface area contributed by atoms with Crippen molar-refractivity contribution in [1.82, 2.24) is 5.32 Å². The van der Waals surface area contributed by atoms with E-state index in [0.29, 0.717) is 33.3 Å². The van der Waals surface area contributed by atoms with Gasteiger partial charge in [-0.3, -0.25) is 14.4 Å². The summed E-state index contributed by atoms with van der Waals surface area (Å²) in [6, 6.07) is 30.0. The maximum atomic E-state index is 13.3. The van der Waals surface area contributed by atoms with Crippen molar-refractivity contribution in [3.05, 3.63) is 125 Å². The van der Waals surface area contributed by atoms with Gasteiger partial charge in [-0.1, -0.05) is 54.1 Å². The number of nitrogens with one attached hydrogen (secondary N) is 3. The molecule has 7 nitrogen and oxygen atoms in total. The van der Waals surface area contributed by atoms with Gasteiger partial charge in [0, 0.05) is 16.1 Å². The van der Waals surface area contributed by atoms with E-state index in [9.17, 15) is 14.4 Å². The predicted octanol–water partition coefficient (Wildman–Crippen LogP) is 6.88. The summed E-state index contributed by atoms with van der Waals surface area (Å²) >= 11 is 7.52. The fourth-order valence-corrected chi connectivity index (χ4v) is 4.76. The Morgan fingerprint density at radius 2 is 1.56 bits per heavy atom. The number of carbonyl (C=O) groups is 3. The second-order valence-electron chi connectivity index (χ2n) is 8.86. The van der Waals surface area contributed by atoms with Crippen LogP contribution in [-0.2, 0) is 9.59 Å². The summed E-state index contributed by atoms with van der Waals surface area (Å²) in [4.78, 5) is 39.6. The third-order valence-corrected chi connectivity index (χ3v) is 7.30. The number of rotatable bonds is 10. The largest absolute Gasteiger partial charge is 0.497 e. The van der Waals surface area contributed by atoms with Gasteiger partial charge in [0.2, 0.25) is 5.91 Å². The van der Waals surface area contributed by atoms with Gasteiger partial charge in [0.1, 0.15) is 11.4 Å². The molecular weight excluding hydrogens is 558 g/mol. The van der Waals surface area contributed by atoms with Crippen LogP contribution in [-0.4, -0.2) is 30.1 Å². The molecule has 3 amide bonds. The third kappa shape index (κ3) is 8.48. The molecule has 9 heteroatoms. The summed E-state index contributed by atoms with van der Waals surface area (Å²) in [5.74, 6) is -0.464. The SMILES string of the molecule is COc1cccc(/C=C(\NC(=O)c2ccccc2)C(=O)Nc2ccc(SC(C)C(=O)Nc3ccccc3Cl)cc2)c1. The summed E-state index contributed by atoms with van der Waals surface area (Å²) in [6.07, 6.45) is 1.59. The molecule has 1 unspecified atom stereocenters. The highest BCUT2D eigenvalue weighted by molar-refractivity contribution is 8.00. The zero-order chi connectivity index (χ0) is 29.2. The van der Waals surface area contributed by atoms with Crippen LogP contribution in [0.4, 0.5) is 11.4 Å². The van der Waals surface area contributed by atoms with E-state index in [1.165, 1.54) is 11.8 Å². The average Bonchev–Trinajstić information content (AvgIpc) is 2.99. The molecule has 4 rings (SSSR count). The number of ether oxygens (including phenoxy) is 1. The molecule has 0 aliphatic carbocycles. The van der Waals surface area contributed by atoms with Crippen LogP contribution < -0.4 is 20.7 Å². The van der Waals surface area contributed by atoms with E-state index in [4.69, 9.17) is 16.3 Å². The zero-order valence-electron chi connectivity index (χ0n) is 22.4. The maximum absolute atomic E-state index is 13.3. The monoisotopic (exact) mass is 585 g/mol. The lowest BCUT2D eigenvalue weighted by atomic mass is 10.1. The minimum absolute atomic E-state index is 0.0652. The molecule has 1 atom stereocenters. The molecule has 0 spiro atoms. The number of benzene rings is 4. The quantitative estimate of drug-likeness (QED) is 0.139. The van der Waals surface area contributed by atoms with Gasteiger partial charge in [-0.2, -0.15) is 0 Å². The second kappa shape index (κ2) is 14.2. The lowest BCUT2D eigenvalue weighted by Crippen LogP contribution is -2.30. The highest BCUT2D eigenvalue weighted by atomic mass is 35.5. The Balaban J connectivity index is 1.45. The van der Waals surface area contributed by atoms with Gasteiger partial charge < -0.3 is 20.7 Å². The molecule has 0 radical (unpaired) electrons. The lowest BCUT2D eigenvalue weighted by Gasteiger charge is -2.14. The Hall–Kier alpha value is -4.53. The van der Waals surface area contributed by atoms with Gasteiger partial charge >= 0.3 is 0 Å². The van der Waals surface area contributed by atoms with E-state index in [-0.39, 0.29) is 11.6 Å². The van der Waals surface area contributed by atoms with Crippen molar-refractivity contribution >= 4 is 58.5 Å². The molecule has 41 heavy (non-hydrogen) atoms. The Morgan fingerprint density at radius 3 is 2.27 bits per heavy atom. The fraction of sp³-hybridized carbons (Fsp3) is 0.0938. The second-order valence-corrected chi connectivity index (χ2v) is 10.7. The Bertz CT molecular complexity index is 1560. The Labute approximate surface area is 248 Å². The van der Waals surface area contributed by atoms with E-state index in [2.05, 4.69) is 16.0 Å². The number of anilines is 2. The van der Waals surface area contributed by atoms with Gasteiger partial charge in [-0.05, 0) is 79.2 Å². The summed E-state index contributed by atoms with van der Waals surface area (Å²) in [5.41, 5.74) is 2.25. The number of halogens is 1. The van der Waals surface area contributed by atoms with Crippen molar-refractivity contribution in [1.29, 1.82) is 0 Å². The molecule has 208 valence electrons. The number of methoxy groups -OCH3 is 1. The summed E-state index contributed by atoms with van der Waals surface area (Å²) < 4.78 is 5.28. The normalized spacial score (nSPS) is 11.7. The molecule has 4 aromatic rings. The van der Waals surface area contributed by atoms with Crippen LogP contribution in [0.2, 0.25) is 5.02 Å². The predicted molar refractivity (Wildman–Crippen MR) is 165 cm³/mol. The smallest absolute Gasteiger partial charge is 0.272 e. The molecule has 0 fully saturated rings. The summed E-state index contributed by atoms with van der Waals surface area (Å²) in [5, 5.41) is 8.47. The van der Waals surface area contributed by atoms with Crippen molar-refractivity contribution in [2.75, 3.05) is 17.7 Å². The van der Waals surface area contributed by atoms with Gasteiger partial charge in [0.05, 0.1) is 23.1 Å². The van der Waals surface area contributed by atoms with Gasteiger partial charge in [-0.15, -0.1) is 11.8 Å². The maximum Gasteiger partial charge on any atom is 0.272 e.